The molecule has 0 bridgehead atoms. The topological polar surface area (TPSA) is 106 Å². The van der Waals surface area contributed by atoms with Gasteiger partial charge in [-0.15, -0.1) is 5.10 Å². The van der Waals surface area contributed by atoms with E-state index in [0.717, 1.165) is 29.8 Å². The zero-order chi connectivity index (χ0) is 19.3. The standard InChI is InChI=1S/C20H22N6O2/c27-18-10-15(11-18)19(12-16-3-1-2-8-21-16)23-20(28)9-14-4-6-17(7-5-14)26-13-22-24-25-26/h1-8,13,15,18-19,27H,9-12H2,(H,23,28). The van der Waals surface area contributed by atoms with Gasteiger partial charge >= 0.3 is 0 Å². The van der Waals surface area contributed by atoms with Crippen molar-refractivity contribution < 1.29 is 9.90 Å². The van der Waals surface area contributed by atoms with Crippen LogP contribution in [0.15, 0.2) is 55.0 Å². The Morgan fingerprint density at radius 2 is 2.04 bits per heavy atom. The molecule has 1 atom stereocenters. The van der Waals surface area contributed by atoms with Crippen molar-refractivity contribution in [2.45, 2.75) is 37.8 Å². The van der Waals surface area contributed by atoms with Gasteiger partial charge in [-0.1, -0.05) is 18.2 Å². The molecule has 0 radical (unpaired) electrons. The molecule has 1 unspecified atom stereocenters. The molecule has 0 aliphatic heterocycles. The molecule has 0 saturated heterocycles. The Morgan fingerprint density at radius 3 is 2.68 bits per heavy atom. The van der Waals surface area contributed by atoms with Gasteiger partial charge in [0, 0.05) is 24.4 Å². The van der Waals surface area contributed by atoms with Gasteiger partial charge in [-0.25, -0.2) is 4.68 Å². The number of tetrazole rings is 1. The summed E-state index contributed by atoms with van der Waals surface area (Å²) in [6.45, 7) is 0. The van der Waals surface area contributed by atoms with E-state index >= 15 is 0 Å². The van der Waals surface area contributed by atoms with Gasteiger partial charge in [0.15, 0.2) is 0 Å². The quantitative estimate of drug-likeness (QED) is 0.638. The van der Waals surface area contributed by atoms with Gasteiger partial charge in [-0.2, -0.15) is 0 Å². The number of aromatic nitrogens is 5. The van der Waals surface area contributed by atoms with Crippen LogP contribution in [0.5, 0.6) is 0 Å². The molecule has 28 heavy (non-hydrogen) atoms. The molecule has 2 aromatic heterocycles. The van der Waals surface area contributed by atoms with Crippen LogP contribution in [0.25, 0.3) is 5.69 Å². The molecule has 1 saturated carbocycles. The summed E-state index contributed by atoms with van der Waals surface area (Å²) in [5.74, 6) is 0.251. The summed E-state index contributed by atoms with van der Waals surface area (Å²) in [4.78, 5) is 17.0. The van der Waals surface area contributed by atoms with Crippen LogP contribution >= 0.6 is 0 Å². The van der Waals surface area contributed by atoms with Crippen molar-refractivity contribution in [3.8, 4) is 5.69 Å². The molecule has 1 aromatic carbocycles. The highest BCUT2D eigenvalue weighted by atomic mass is 16.3. The summed E-state index contributed by atoms with van der Waals surface area (Å²) in [7, 11) is 0. The maximum Gasteiger partial charge on any atom is 0.224 e. The third-order valence-corrected chi connectivity index (χ3v) is 5.13. The number of amides is 1. The maximum atomic E-state index is 12.6. The minimum atomic E-state index is -0.257. The van der Waals surface area contributed by atoms with Crippen LogP contribution in [0.4, 0.5) is 0 Å². The number of carbonyl (C=O) groups excluding carboxylic acids is 1. The van der Waals surface area contributed by atoms with E-state index in [2.05, 4.69) is 25.8 Å². The van der Waals surface area contributed by atoms with Gasteiger partial charge in [-0.3, -0.25) is 9.78 Å². The monoisotopic (exact) mass is 378 g/mol. The molecular formula is C20H22N6O2. The number of benzene rings is 1. The number of carbonyl (C=O) groups is 1. The first-order valence-electron chi connectivity index (χ1n) is 9.37. The lowest BCUT2D eigenvalue weighted by Crippen LogP contribution is -2.48. The number of nitrogens with one attached hydrogen (secondary N) is 1. The molecule has 2 heterocycles. The second-order valence-corrected chi connectivity index (χ2v) is 7.18. The minimum absolute atomic E-state index is 0.0219. The molecule has 8 heteroatoms. The van der Waals surface area contributed by atoms with Crippen molar-refractivity contribution in [2.24, 2.45) is 5.92 Å². The van der Waals surface area contributed by atoms with Crippen LogP contribution in [0.3, 0.4) is 0 Å². The second-order valence-electron chi connectivity index (χ2n) is 7.18. The van der Waals surface area contributed by atoms with E-state index in [1.807, 2.05) is 42.5 Å². The number of hydrogen-bond donors (Lipinski definition) is 2. The van der Waals surface area contributed by atoms with Crippen LogP contribution in [-0.2, 0) is 17.6 Å². The molecule has 1 aliphatic carbocycles. The van der Waals surface area contributed by atoms with Crippen LogP contribution in [0.2, 0.25) is 0 Å². The van der Waals surface area contributed by atoms with Crippen LogP contribution < -0.4 is 5.32 Å². The van der Waals surface area contributed by atoms with E-state index in [4.69, 9.17) is 0 Å². The van der Waals surface area contributed by atoms with E-state index in [9.17, 15) is 9.90 Å². The predicted molar refractivity (Wildman–Crippen MR) is 101 cm³/mol. The number of aliphatic hydroxyl groups excluding tert-OH is 1. The number of hydrogen-bond acceptors (Lipinski definition) is 6. The zero-order valence-electron chi connectivity index (χ0n) is 15.3. The average molecular weight is 378 g/mol. The van der Waals surface area contributed by atoms with Crippen LogP contribution in [0.1, 0.15) is 24.1 Å². The highest BCUT2D eigenvalue weighted by molar-refractivity contribution is 5.79. The normalized spacial score (nSPS) is 19.6. The average Bonchev–Trinajstić information content (AvgIpc) is 3.21. The van der Waals surface area contributed by atoms with E-state index in [1.54, 1.807) is 10.9 Å². The lowest BCUT2D eigenvalue weighted by atomic mass is 9.76. The van der Waals surface area contributed by atoms with Gasteiger partial charge in [0.25, 0.3) is 0 Å². The van der Waals surface area contributed by atoms with Gasteiger partial charge < -0.3 is 10.4 Å². The summed E-state index contributed by atoms with van der Waals surface area (Å²) in [6.07, 6.45) is 5.43. The van der Waals surface area contributed by atoms with Crippen molar-refractivity contribution in [1.82, 2.24) is 30.5 Å². The Bertz CT molecular complexity index is 892. The van der Waals surface area contributed by atoms with E-state index < -0.39 is 0 Å². The van der Waals surface area contributed by atoms with E-state index in [-0.39, 0.29) is 24.0 Å². The Morgan fingerprint density at radius 1 is 1.21 bits per heavy atom. The molecular weight excluding hydrogens is 356 g/mol. The molecule has 1 fully saturated rings. The fourth-order valence-corrected chi connectivity index (χ4v) is 3.53. The van der Waals surface area contributed by atoms with Gasteiger partial charge in [-0.05, 0) is 59.0 Å². The SMILES string of the molecule is O=C(Cc1ccc(-n2cnnn2)cc1)NC(Cc1ccccn1)C1CC(O)C1. The van der Waals surface area contributed by atoms with E-state index in [1.165, 1.54) is 6.33 Å². The summed E-state index contributed by atoms with van der Waals surface area (Å²) >= 11 is 0. The van der Waals surface area contributed by atoms with Crippen LogP contribution in [-0.4, -0.2) is 48.4 Å². The van der Waals surface area contributed by atoms with E-state index in [0.29, 0.717) is 12.8 Å². The number of pyridine rings is 1. The Labute approximate surface area is 162 Å². The highest BCUT2D eigenvalue weighted by Crippen LogP contribution is 2.31. The first-order valence-corrected chi connectivity index (χ1v) is 9.37. The predicted octanol–water partition coefficient (Wildman–Crippen LogP) is 1.10. The third kappa shape index (κ3) is 4.40. The fourth-order valence-electron chi connectivity index (χ4n) is 3.53. The van der Waals surface area contributed by atoms with Gasteiger partial charge in [0.05, 0.1) is 18.2 Å². The number of rotatable bonds is 7. The Hall–Kier alpha value is -3.13. The lowest BCUT2D eigenvalue weighted by molar-refractivity contribution is -0.122. The Balaban J connectivity index is 1.38. The first kappa shape index (κ1) is 18.2. The molecule has 1 aliphatic rings. The summed E-state index contributed by atoms with van der Waals surface area (Å²) in [5.41, 5.74) is 2.70. The lowest BCUT2D eigenvalue weighted by Gasteiger charge is -2.38. The highest BCUT2D eigenvalue weighted by Gasteiger charge is 2.34. The molecule has 0 spiro atoms. The largest absolute Gasteiger partial charge is 0.393 e. The first-order chi connectivity index (χ1) is 13.7. The van der Waals surface area contributed by atoms with Crippen LogP contribution in [0, 0.1) is 5.92 Å². The summed E-state index contributed by atoms with van der Waals surface area (Å²) in [5, 5.41) is 23.9. The summed E-state index contributed by atoms with van der Waals surface area (Å²) in [6, 6.07) is 13.3. The third-order valence-electron chi connectivity index (χ3n) is 5.13. The summed E-state index contributed by atoms with van der Waals surface area (Å²) < 4.78 is 1.56. The Kier molecular flexibility index (Phi) is 5.38. The molecule has 8 nitrogen and oxygen atoms in total. The molecule has 144 valence electrons. The molecule has 2 N–H and O–H groups in total. The zero-order valence-corrected chi connectivity index (χ0v) is 15.3. The van der Waals surface area contributed by atoms with Crippen molar-refractivity contribution >= 4 is 5.91 Å². The number of aliphatic hydroxyl groups is 1. The van der Waals surface area contributed by atoms with Crippen molar-refractivity contribution in [3.63, 3.8) is 0 Å². The van der Waals surface area contributed by atoms with Crippen molar-refractivity contribution in [1.29, 1.82) is 0 Å². The molecule has 4 rings (SSSR count). The molecule has 3 aromatic rings. The van der Waals surface area contributed by atoms with Gasteiger partial charge in [0.2, 0.25) is 5.91 Å². The van der Waals surface area contributed by atoms with Gasteiger partial charge in [0.1, 0.15) is 6.33 Å². The van der Waals surface area contributed by atoms with Crippen molar-refractivity contribution in [2.75, 3.05) is 0 Å². The fraction of sp³-hybridized carbons (Fsp3) is 0.350. The maximum absolute atomic E-state index is 12.6. The molecule has 1 amide bonds. The minimum Gasteiger partial charge on any atom is -0.393 e. The smallest absolute Gasteiger partial charge is 0.224 e. The number of nitrogens with zero attached hydrogens (tertiary/aromatic N) is 5. The second kappa shape index (κ2) is 8.26. The van der Waals surface area contributed by atoms with Crippen molar-refractivity contribution in [3.05, 3.63) is 66.2 Å².